The normalized spacial score (nSPS) is 25.0. The molecule has 0 spiro atoms. The zero-order chi connectivity index (χ0) is 23.2. The minimum Gasteiger partial charge on any atom is -0.455 e. The van der Waals surface area contributed by atoms with Gasteiger partial charge in [0.2, 0.25) is 5.76 Å². The van der Waals surface area contributed by atoms with E-state index in [0.29, 0.717) is 38.5 Å². The number of nitrogens with one attached hydrogen (secondary N) is 1. The van der Waals surface area contributed by atoms with E-state index in [4.69, 9.17) is 18.6 Å². The fourth-order valence-electron chi connectivity index (χ4n) is 4.72. The molecule has 1 N–H and O–H groups in total. The Bertz CT molecular complexity index is 1020. The zero-order valence-electron chi connectivity index (χ0n) is 18.2. The molecule has 8 nitrogen and oxygen atoms in total. The highest BCUT2D eigenvalue weighted by Gasteiger charge is 2.46. The van der Waals surface area contributed by atoms with Crippen LogP contribution in [-0.4, -0.2) is 60.9 Å². The highest BCUT2D eigenvalue weighted by Crippen LogP contribution is 2.48. The van der Waals surface area contributed by atoms with Gasteiger partial charge in [0.25, 0.3) is 5.91 Å². The van der Waals surface area contributed by atoms with Crippen LogP contribution in [0.2, 0.25) is 0 Å². The van der Waals surface area contributed by atoms with E-state index in [9.17, 15) is 18.0 Å². The van der Waals surface area contributed by atoms with Gasteiger partial charge in [0.05, 0.1) is 43.7 Å². The van der Waals surface area contributed by atoms with Crippen LogP contribution in [0.4, 0.5) is 13.2 Å². The van der Waals surface area contributed by atoms with Crippen molar-refractivity contribution in [2.75, 3.05) is 33.0 Å². The molecule has 5 rings (SSSR count). The number of fused-ring (bicyclic) bond motifs is 3. The topological polar surface area (TPSA) is 87.8 Å². The maximum atomic E-state index is 14.2. The number of carbonyl (C=O) groups excluding carboxylic acids is 1. The lowest BCUT2D eigenvalue weighted by Crippen LogP contribution is -2.32. The summed E-state index contributed by atoms with van der Waals surface area (Å²) in [7, 11) is 0. The van der Waals surface area contributed by atoms with E-state index in [2.05, 4.69) is 10.4 Å². The van der Waals surface area contributed by atoms with Gasteiger partial charge >= 0.3 is 6.18 Å². The van der Waals surface area contributed by atoms with Crippen molar-refractivity contribution in [3.8, 4) is 11.3 Å². The van der Waals surface area contributed by atoms with E-state index in [0.717, 1.165) is 12.8 Å². The summed E-state index contributed by atoms with van der Waals surface area (Å²) in [6, 6.07) is 0. The fourth-order valence-corrected chi connectivity index (χ4v) is 4.72. The Hall–Kier alpha value is -2.37. The van der Waals surface area contributed by atoms with E-state index >= 15 is 0 Å². The summed E-state index contributed by atoms with van der Waals surface area (Å²) in [5, 5.41) is 7.01. The third kappa shape index (κ3) is 4.41. The Labute approximate surface area is 188 Å². The Kier molecular flexibility index (Phi) is 5.96. The predicted molar refractivity (Wildman–Crippen MR) is 109 cm³/mol. The number of furan rings is 1. The Morgan fingerprint density at radius 1 is 1.24 bits per heavy atom. The molecule has 0 bridgehead atoms. The minimum absolute atomic E-state index is 0.111. The number of alkyl halides is 3. The molecular weight excluding hydrogens is 443 g/mol. The first kappa shape index (κ1) is 22.4. The molecule has 1 amide bonds. The quantitative estimate of drug-likeness (QED) is 0.724. The highest BCUT2D eigenvalue weighted by atomic mass is 19.4. The molecule has 33 heavy (non-hydrogen) atoms. The van der Waals surface area contributed by atoms with Crippen LogP contribution in [0, 0.1) is 0 Å². The second-order valence-corrected chi connectivity index (χ2v) is 8.78. The van der Waals surface area contributed by atoms with Crippen molar-refractivity contribution >= 4 is 5.91 Å². The molecule has 3 aliphatic rings. The average Bonchev–Trinajstić information content (AvgIpc) is 3.50. The molecule has 0 saturated carbocycles. The number of rotatable bonds is 5. The maximum Gasteiger partial charge on any atom is 0.420 e. The van der Waals surface area contributed by atoms with E-state index in [1.165, 1.54) is 0 Å². The lowest BCUT2D eigenvalue weighted by molar-refractivity contribution is -0.137. The molecule has 0 aromatic carbocycles. The maximum absolute atomic E-state index is 14.2. The number of halogens is 3. The number of nitrogens with zero attached hydrogens (tertiary/aromatic N) is 2. The standard InChI is InChI=1S/C22H26F3N3O5/c1-12-7-16-17(19-15(12)10-28(27-19)9-14-11-30-5-6-32-14)18(22(23,24)25)20(33-16)21(29)26-8-13-3-2-4-31-13/h10,12-14H,2-9,11H2,1H3,(H,26,29). The SMILES string of the molecule is CC1Cc2oc(C(=O)NCC3CCCO3)c(C(F)(F)F)c2-c2nn(CC3COCCO3)cc21. The molecule has 3 unspecified atom stereocenters. The van der Waals surface area contributed by atoms with Crippen LogP contribution in [0.25, 0.3) is 11.3 Å². The molecule has 2 aromatic heterocycles. The molecule has 4 heterocycles. The smallest absolute Gasteiger partial charge is 0.420 e. The van der Waals surface area contributed by atoms with Gasteiger partial charge in [-0.15, -0.1) is 0 Å². The van der Waals surface area contributed by atoms with Gasteiger partial charge in [-0.1, -0.05) is 6.92 Å². The van der Waals surface area contributed by atoms with Crippen LogP contribution >= 0.6 is 0 Å². The van der Waals surface area contributed by atoms with Gasteiger partial charge in [-0.2, -0.15) is 18.3 Å². The predicted octanol–water partition coefficient (Wildman–Crippen LogP) is 3.15. The summed E-state index contributed by atoms with van der Waals surface area (Å²) in [6.45, 7) is 4.39. The van der Waals surface area contributed by atoms with Crippen molar-refractivity contribution in [1.82, 2.24) is 15.1 Å². The molecule has 2 saturated heterocycles. The second kappa shape index (κ2) is 8.77. The number of hydrogen-bond acceptors (Lipinski definition) is 6. The highest BCUT2D eigenvalue weighted by molar-refractivity contribution is 5.96. The summed E-state index contributed by atoms with van der Waals surface area (Å²) in [4.78, 5) is 12.7. The number of aromatic nitrogens is 2. The molecule has 0 radical (unpaired) electrons. The van der Waals surface area contributed by atoms with Gasteiger partial charge in [-0.3, -0.25) is 9.48 Å². The van der Waals surface area contributed by atoms with Crippen LogP contribution in [0.1, 0.15) is 53.1 Å². The number of hydrogen-bond donors (Lipinski definition) is 1. The van der Waals surface area contributed by atoms with Gasteiger partial charge in [-0.25, -0.2) is 0 Å². The van der Waals surface area contributed by atoms with E-state index in [1.807, 2.05) is 6.92 Å². The van der Waals surface area contributed by atoms with Crippen molar-refractivity contribution in [2.24, 2.45) is 0 Å². The first-order chi connectivity index (χ1) is 15.8. The van der Waals surface area contributed by atoms with Gasteiger partial charge in [-0.05, 0) is 18.8 Å². The van der Waals surface area contributed by atoms with Crippen molar-refractivity contribution in [3.05, 3.63) is 28.8 Å². The first-order valence-corrected chi connectivity index (χ1v) is 11.2. The molecule has 11 heteroatoms. The molecular formula is C22H26F3N3O5. The van der Waals surface area contributed by atoms with Crippen LogP contribution in [-0.2, 0) is 33.4 Å². The third-order valence-electron chi connectivity index (χ3n) is 6.31. The molecule has 180 valence electrons. The Morgan fingerprint density at radius 2 is 2.06 bits per heavy atom. The van der Waals surface area contributed by atoms with Crippen LogP contribution in [0.15, 0.2) is 10.6 Å². The number of ether oxygens (including phenoxy) is 3. The average molecular weight is 469 g/mol. The van der Waals surface area contributed by atoms with Crippen molar-refractivity contribution in [1.29, 1.82) is 0 Å². The van der Waals surface area contributed by atoms with E-state index in [-0.39, 0.29) is 48.1 Å². The summed E-state index contributed by atoms with van der Waals surface area (Å²) >= 11 is 0. The number of amides is 1. The van der Waals surface area contributed by atoms with Crippen LogP contribution < -0.4 is 5.32 Å². The Morgan fingerprint density at radius 3 is 2.76 bits per heavy atom. The third-order valence-corrected chi connectivity index (χ3v) is 6.31. The van der Waals surface area contributed by atoms with Crippen LogP contribution in [0.3, 0.4) is 0 Å². The van der Waals surface area contributed by atoms with Crippen molar-refractivity contribution in [2.45, 2.75) is 57.0 Å². The molecule has 1 aliphatic carbocycles. The van der Waals surface area contributed by atoms with Gasteiger partial charge in [0.15, 0.2) is 0 Å². The number of carbonyl (C=O) groups is 1. The first-order valence-electron chi connectivity index (χ1n) is 11.2. The fraction of sp³-hybridized carbons (Fsp3) is 0.636. The van der Waals surface area contributed by atoms with Gasteiger partial charge < -0.3 is 23.9 Å². The Balaban J connectivity index is 1.48. The van der Waals surface area contributed by atoms with E-state index in [1.54, 1.807) is 10.9 Å². The van der Waals surface area contributed by atoms with Crippen molar-refractivity contribution in [3.63, 3.8) is 0 Å². The minimum atomic E-state index is -4.78. The van der Waals surface area contributed by atoms with Gasteiger partial charge in [0.1, 0.15) is 17.4 Å². The second-order valence-electron chi connectivity index (χ2n) is 8.78. The summed E-state index contributed by atoms with van der Waals surface area (Å²) in [5.74, 6) is -1.59. The summed E-state index contributed by atoms with van der Waals surface area (Å²) in [6.07, 6.45) is -1.57. The largest absolute Gasteiger partial charge is 0.455 e. The molecule has 2 aromatic rings. The lowest BCUT2D eigenvalue weighted by atomic mass is 9.86. The van der Waals surface area contributed by atoms with Crippen LogP contribution in [0.5, 0.6) is 0 Å². The van der Waals surface area contributed by atoms with Gasteiger partial charge in [0, 0.05) is 31.3 Å². The zero-order valence-corrected chi connectivity index (χ0v) is 18.2. The molecule has 2 fully saturated rings. The summed E-state index contributed by atoms with van der Waals surface area (Å²) in [5.41, 5.74) is -0.318. The molecule has 3 atom stereocenters. The monoisotopic (exact) mass is 469 g/mol. The van der Waals surface area contributed by atoms with E-state index < -0.39 is 23.4 Å². The summed E-state index contributed by atoms with van der Waals surface area (Å²) < 4.78 is 66.3. The van der Waals surface area contributed by atoms with Crippen molar-refractivity contribution < 1.29 is 36.6 Å². The molecule has 2 aliphatic heterocycles. The lowest BCUT2D eigenvalue weighted by Gasteiger charge is -2.22.